The zero-order valence-corrected chi connectivity index (χ0v) is 11.8. The second kappa shape index (κ2) is 7.27. The van der Waals surface area contributed by atoms with Crippen molar-refractivity contribution in [2.24, 2.45) is 0 Å². The van der Waals surface area contributed by atoms with Gasteiger partial charge in [-0.1, -0.05) is 15.9 Å². The normalized spacial score (nSPS) is 11.8. The van der Waals surface area contributed by atoms with E-state index in [1.54, 1.807) is 24.3 Å². The maximum absolute atomic E-state index is 11.5. The summed E-state index contributed by atoms with van der Waals surface area (Å²) in [4.78, 5) is 21.8. The van der Waals surface area contributed by atoms with E-state index in [1.807, 2.05) is 0 Å². The van der Waals surface area contributed by atoms with Crippen LogP contribution in [0.25, 0.3) is 0 Å². The third kappa shape index (κ3) is 5.92. The van der Waals surface area contributed by atoms with Crippen molar-refractivity contribution in [2.75, 3.05) is 16.8 Å². The van der Waals surface area contributed by atoms with Crippen molar-refractivity contribution in [3.8, 4) is 0 Å². The molecule has 0 spiro atoms. The number of aliphatic carboxylic acids is 1. The van der Waals surface area contributed by atoms with Crippen LogP contribution in [-0.2, 0) is 20.4 Å². The molecule has 0 saturated heterocycles. The van der Waals surface area contributed by atoms with Gasteiger partial charge in [0, 0.05) is 26.7 Å². The van der Waals surface area contributed by atoms with Gasteiger partial charge < -0.3 is 10.4 Å². The van der Waals surface area contributed by atoms with E-state index in [9.17, 15) is 13.8 Å². The highest BCUT2D eigenvalue weighted by atomic mass is 79.9. The molecule has 1 unspecified atom stereocenters. The van der Waals surface area contributed by atoms with Crippen molar-refractivity contribution < 1.29 is 18.9 Å². The fraction of sp³-hybridized carbons (Fsp3) is 0.273. The van der Waals surface area contributed by atoms with Crippen LogP contribution in [0.1, 0.15) is 6.42 Å². The quantitative estimate of drug-likeness (QED) is 0.828. The summed E-state index contributed by atoms with van der Waals surface area (Å²) < 4.78 is 12.3. The monoisotopic (exact) mass is 333 g/mol. The smallest absolute Gasteiger partial charge is 0.304 e. The van der Waals surface area contributed by atoms with Gasteiger partial charge in [-0.05, 0) is 24.3 Å². The Morgan fingerprint density at radius 1 is 1.28 bits per heavy atom. The molecule has 0 bridgehead atoms. The molecule has 0 saturated carbocycles. The Kier molecular flexibility index (Phi) is 6.00. The number of carbonyl (C=O) groups is 2. The molecule has 0 aliphatic carbocycles. The summed E-state index contributed by atoms with van der Waals surface area (Å²) in [6.45, 7) is 0. The molecule has 0 aliphatic heterocycles. The van der Waals surface area contributed by atoms with Gasteiger partial charge in [0.2, 0.25) is 5.91 Å². The van der Waals surface area contributed by atoms with E-state index in [-0.39, 0.29) is 23.8 Å². The van der Waals surface area contributed by atoms with Crippen LogP contribution in [0.5, 0.6) is 0 Å². The van der Waals surface area contributed by atoms with Crippen molar-refractivity contribution >= 4 is 44.3 Å². The highest BCUT2D eigenvalue weighted by Gasteiger charge is 2.09. The summed E-state index contributed by atoms with van der Waals surface area (Å²) in [7, 11) is -1.45. The van der Waals surface area contributed by atoms with Crippen LogP contribution in [0, 0.1) is 0 Å². The molecule has 18 heavy (non-hydrogen) atoms. The number of amides is 1. The lowest BCUT2D eigenvalue weighted by molar-refractivity contribution is -0.136. The summed E-state index contributed by atoms with van der Waals surface area (Å²) in [5, 5.41) is 11.0. The van der Waals surface area contributed by atoms with Gasteiger partial charge in [0.25, 0.3) is 0 Å². The van der Waals surface area contributed by atoms with Crippen LogP contribution < -0.4 is 5.32 Å². The van der Waals surface area contributed by atoms with Crippen LogP contribution in [0.4, 0.5) is 5.69 Å². The predicted molar refractivity (Wildman–Crippen MR) is 72.9 cm³/mol. The Morgan fingerprint density at radius 2 is 1.89 bits per heavy atom. The van der Waals surface area contributed by atoms with Crippen LogP contribution in [0.3, 0.4) is 0 Å². The first-order valence-corrected chi connectivity index (χ1v) is 7.37. The zero-order chi connectivity index (χ0) is 13.5. The zero-order valence-electron chi connectivity index (χ0n) is 9.39. The molecule has 98 valence electrons. The molecule has 0 aromatic heterocycles. The van der Waals surface area contributed by atoms with E-state index < -0.39 is 16.8 Å². The number of carbonyl (C=O) groups excluding carboxylic acids is 1. The van der Waals surface area contributed by atoms with Crippen molar-refractivity contribution in [3.05, 3.63) is 28.7 Å². The Morgan fingerprint density at radius 3 is 2.44 bits per heavy atom. The first-order chi connectivity index (χ1) is 8.47. The van der Waals surface area contributed by atoms with Gasteiger partial charge in [-0.3, -0.25) is 13.8 Å². The second-order valence-corrected chi connectivity index (χ2v) is 5.98. The van der Waals surface area contributed by atoms with E-state index in [4.69, 9.17) is 5.11 Å². The Balaban J connectivity index is 2.39. The summed E-state index contributed by atoms with van der Waals surface area (Å²) in [5.41, 5.74) is 0.610. The molecule has 1 rings (SSSR count). The molecule has 2 N–H and O–H groups in total. The van der Waals surface area contributed by atoms with Gasteiger partial charge in [0.05, 0.1) is 6.42 Å². The number of nitrogens with one attached hydrogen (secondary N) is 1. The minimum Gasteiger partial charge on any atom is -0.481 e. The number of benzene rings is 1. The molecule has 0 heterocycles. The second-order valence-electron chi connectivity index (χ2n) is 3.49. The maximum atomic E-state index is 11.5. The SMILES string of the molecule is O=C(O)CCS(=O)CC(=O)Nc1ccc(Br)cc1. The number of hydrogen-bond acceptors (Lipinski definition) is 3. The number of halogens is 1. The van der Waals surface area contributed by atoms with Crippen LogP contribution in [0.2, 0.25) is 0 Å². The first-order valence-electron chi connectivity index (χ1n) is 5.09. The molecule has 1 amide bonds. The minimum atomic E-state index is -1.45. The van der Waals surface area contributed by atoms with Crippen molar-refractivity contribution in [1.82, 2.24) is 0 Å². The highest BCUT2D eigenvalue weighted by Crippen LogP contribution is 2.13. The summed E-state index contributed by atoms with van der Waals surface area (Å²) in [5.74, 6) is -1.61. The number of hydrogen-bond donors (Lipinski definition) is 2. The van der Waals surface area contributed by atoms with E-state index in [0.717, 1.165) is 4.47 Å². The van der Waals surface area contributed by atoms with E-state index in [1.165, 1.54) is 0 Å². The fourth-order valence-corrected chi connectivity index (χ4v) is 2.33. The van der Waals surface area contributed by atoms with Crippen molar-refractivity contribution in [2.45, 2.75) is 6.42 Å². The summed E-state index contributed by atoms with van der Waals surface area (Å²) >= 11 is 3.27. The third-order valence-corrected chi connectivity index (χ3v) is 3.74. The molecule has 0 radical (unpaired) electrons. The van der Waals surface area contributed by atoms with Gasteiger partial charge in [-0.15, -0.1) is 0 Å². The molecule has 7 heteroatoms. The average Bonchev–Trinajstić information content (AvgIpc) is 2.29. The first kappa shape index (κ1) is 14.8. The van der Waals surface area contributed by atoms with Crippen LogP contribution in [-0.4, -0.2) is 32.7 Å². The molecule has 1 aromatic rings. The lowest BCUT2D eigenvalue weighted by Crippen LogP contribution is -2.21. The topological polar surface area (TPSA) is 83.5 Å². The number of anilines is 1. The maximum Gasteiger partial charge on any atom is 0.304 e. The third-order valence-electron chi connectivity index (χ3n) is 1.96. The number of carboxylic acids is 1. The average molecular weight is 334 g/mol. The minimum absolute atomic E-state index is 0.0108. The molecule has 0 aliphatic rings. The highest BCUT2D eigenvalue weighted by molar-refractivity contribution is 9.10. The standard InChI is InChI=1S/C11H12BrNO4S/c12-8-1-3-9(4-2-8)13-10(14)7-18(17)6-5-11(15)16/h1-4H,5-7H2,(H,13,14)(H,15,16). The molecule has 5 nitrogen and oxygen atoms in total. The van der Waals surface area contributed by atoms with Gasteiger partial charge in [0.1, 0.15) is 5.75 Å². The lowest BCUT2D eigenvalue weighted by atomic mass is 10.3. The summed E-state index contributed by atoms with van der Waals surface area (Å²) in [6.07, 6.45) is -0.196. The largest absolute Gasteiger partial charge is 0.481 e. The van der Waals surface area contributed by atoms with E-state index >= 15 is 0 Å². The predicted octanol–water partition coefficient (Wildman–Crippen LogP) is 1.61. The number of carboxylic acid groups (broad SMARTS) is 1. The lowest BCUT2D eigenvalue weighted by Gasteiger charge is -2.04. The van der Waals surface area contributed by atoms with Gasteiger partial charge in [0.15, 0.2) is 0 Å². The van der Waals surface area contributed by atoms with Crippen molar-refractivity contribution in [3.63, 3.8) is 0 Å². The molecule has 0 fully saturated rings. The Labute approximate surface area is 115 Å². The van der Waals surface area contributed by atoms with E-state index in [2.05, 4.69) is 21.2 Å². The number of rotatable bonds is 6. The fourth-order valence-electron chi connectivity index (χ4n) is 1.15. The Bertz CT molecular complexity index is 461. The van der Waals surface area contributed by atoms with Crippen molar-refractivity contribution in [1.29, 1.82) is 0 Å². The molecular formula is C11H12BrNO4S. The molecule has 1 atom stereocenters. The molecule has 1 aromatic carbocycles. The summed E-state index contributed by atoms with van der Waals surface area (Å²) in [6, 6.07) is 6.97. The van der Waals surface area contributed by atoms with E-state index in [0.29, 0.717) is 5.69 Å². The van der Waals surface area contributed by atoms with Gasteiger partial charge in [-0.25, -0.2) is 0 Å². The van der Waals surface area contributed by atoms with Gasteiger partial charge in [-0.2, -0.15) is 0 Å². The van der Waals surface area contributed by atoms with Crippen LogP contribution in [0.15, 0.2) is 28.7 Å². The van der Waals surface area contributed by atoms with Crippen LogP contribution >= 0.6 is 15.9 Å². The van der Waals surface area contributed by atoms with Gasteiger partial charge >= 0.3 is 5.97 Å². The molecular weight excluding hydrogens is 322 g/mol. The Hall–Kier alpha value is -1.21.